The van der Waals surface area contributed by atoms with Gasteiger partial charge in [-0.3, -0.25) is 14.5 Å². The Labute approximate surface area is 184 Å². The number of halogens is 1. The van der Waals surface area contributed by atoms with Crippen LogP contribution < -0.4 is 5.32 Å². The van der Waals surface area contributed by atoms with Crippen molar-refractivity contribution in [2.24, 2.45) is 0 Å². The SMILES string of the molecule is Cc1cc(C(=O)CN2C(=O)NC3(CCCCCC3)C2=O)c(C)n1-c1ccc(Br)cc1. The first-order chi connectivity index (χ1) is 14.3. The molecule has 4 rings (SSSR count). The molecular formula is C23H26BrN3O3. The molecule has 2 aromatic rings. The predicted octanol–water partition coefficient (Wildman–Crippen LogP) is 4.68. The van der Waals surface area contributed by atoms with Gasteiger partial charge in [0.15, 0.2) is 5.78 Å². The lowest BCUT2D eigenvalue weighted by Gasteiger charge is -2.24. The molecule has 7 heteroatoms. The summed E-state index contributed by atoms with van der Waals surface area (Å²) >= 11 is 3.44. The number of hydrogen-bond donors (Lipinski definition) is 1. The van der Waals surface area contributed by atoms with Crippen LogP contribution in [-0.2, 0) is 4.79 Å². The highest BCUT2D eigenvalue weighted by Crippen LogP contribution is 2.33. The van der Waals surface area contributed by atoms with Crippen LogP contribution in [0.15, 0.2) is 34.8 Å². The number of amides is 3. The van der Waals surface area contributed by atoms with Crippen molar-refractivity contribution in [2.75, 3.05) is 6.54 Å². The van der Waals surface area contributed by atoms with Crippen molar-refractivity contribution in [2.45, 2.75) is 57.9 Å². The van der Waals surface area contributed by atoms with Gasteiger partial charge in [0.05, 0.1) is 6.54 Å². The number of nitrogens with one attached hydrogen (secondary N) is 1. The number of nitrogens with zero attached hydrogens (tertiary/aromatic N) is 2. The van der Waals surface area contributed by atoms with Gasteiger partial charge in [-0.15, -0.1) is 0 Å². The molecule has 1 N–H and O–H groups in total. The van der Waals surface area contributed by atoms with Crippen molar-refractivity contribution < 1.29 is 14.4 Å². The van der Waals surface area contributed by atoms with Crippen LogP contribution >= 0.6 is 15.9 Å². The second kappa shape index (κ2) is 8.02. The third-order valence-electron chi connectivity index (χ3n) is 6.32. The number of urea groups is 1. The lowest BCUT2D eigenvalue weighted by Crippen LogP contribution is -2.46. The molecule has 1 aliphatic carbocycles. The predicted molar refractivity (Wildman–Crippen MR) is 118 cm³/mol. The number of rotatable bonds is 4. The molecule has 3 amide bonds. The molecule has 2 aliphatic rings. The minimum absolute atomic E-state index is 0.222. The van der Waals surface area contributed by atoms with Crippen molar-refractivity contribution in [3.8, 4) is 5.69 Å². The summed E-state index contributed by atoms with van der Waals surface area (Å²) in [5, 5.41) is 2.90. The summed E-state index contributed by atoms with van der Waals surface area (Å²) in [4.78, 5) is 39.9. The Morgan fingerprint density at radius 3 is 2.33 bits per heavy atom. The topological polar surface area (TPSA) is 71.4 Å². The van der Waals surface area contributed by atoms with E-state index in [1.54, 1.807) is 0 Å². The summed E-state index contributed by atoms with van der Waals surface area (Å²) in [6.45, 7) is 3.61. The summed E-state index contributed by atoms with van der Waals surface area (Å²) in [5.41, 5.74) is 2.41. The van der Waals surface area contributed by atoms with Crippen LogP contribution in [0.25, 0.3) is 5.69 Å². The fourth-order valence-corrected chi connectivity index (χ4v) is 5.02. The van der Waals surface area contributed by atoms with Gasteiger partial charge in [0, 0.05) is 27.1 Å². The highest BCUT2D eigenvalue weighted by molar-refractivity contribution is 9.10. The fraction of sp³-hybridized carbons (Fsp3) is 0.435. The molecule has 30 heavy (non-hydrogen) atoms. The lowest BCUT2D eigenvalue weighted by molar-refractivity contribution is -0.131. The van der Waals surface area contributed by atoms with E-state index < -0.39 is 11.6 Å². The Morgan fingerprint density at radius 1 is 1.07 bits per heavy atom. The molecule has 6 nitrogen and oxygen atoms in total. The molecule has 1 aromatic carbocycles. The molecule has 1 saturated carbocycles. The van der Waals surface area contributed by atoms with E-state index in [9.17, 15) is 14.4 Å². The maximum atomic E-state index is 13.1. The van der Waals surface area contributed by atoms with E-state index in [0.29, 0.717) is 18.4 Å². The summed E-state index contributed by atoms with van der Waals surface area (Å²) in [7, 11) is 0. The number of hydrogen-bond acceptors (Lipinski definition) is 3. The molecule has 1 aromatic heterocycles. The van der Waals surface area contributed by atoms with Crippen LogP contribution in [0.2, 0.25) is 0 Å². The minimum Gasteiger partial charge on any atom is -0.323 e. The highest BCUT2D eigenvalue weighted by atomic mass is 79.9. The molecule has 1 aliphatic heterocycles. The Bertz CT molecular complexity index is 1000. The number of aromatic nitrogens is 1. The maximum Gasteiger partial charge on any atom is 0.325 e. The van der Waals surface area contributed by atoms with Gasteiger partial charge in [0.2, 0.25) is 0 Å². The smallest absolute Gasteiger partial charge is 0.323 e. The molecule has 2 heterocycles. The normalized spacial score (nSPS) is 18.6. The molecule has 0 unspecified atom stereocenters. The average Bonchev–Trinajstić information content (AvgIpc) is 3.00. The first kappa shape index (κ1) is 20.8. The summed E-state index contributed by atoms with van der Waals surface area (Å²) in [5.74, 6) is -0.467. The molecule has 0 bridgehead atoms. The summed E-state index contributed by atoms with van der Waals surface area (Å²) < 4.78 is 2.99. The zero-order valence-corrected chi connectivity index (χ0v) is 18.9. The van der Waals surface area contributed by atoms with Gasteiger partial charge in [-0.2, -0.15) is 0 Å². The van der Waals surface area contributed by atoms with Crippen molar-refractivity contribution in [3.63, 3.8) is 0 Å². The Morgan fingerprint density at radius 2 is 1.70 bits per heavy atom. The van der Waals surface area contributed by atoms with E-state index in [2.05, 4.69) is 21.2 Å². The number of carbonyl (C=O) groups excluding carboxylic acids is 3. The quantitative estimate of drug-likeness (QED) is 0.519. The number of Topliss-reactive ketones (excluding diaryl/α,β-unsaturated/α-hetero) is 1. The molecular weight excluding hydrogens is 446 g/mol. The number of imide groups is 1. The van der Waals surface area contributed by atoms with Crippen LogP contribution in [0.5, 0.6) is 0 Å². The fourth-order valence-electron chi connectivity index (χ4n) is 4.75. The van der Waals surface area contributed by atoms with Gasteiger partial charge >= 0.3 is 6.03 Å². The van der Waals surface area contributed by atoms with Crippen molar-refractivity contribution in [3.05, 3.63) is 51.8 Å². The van der Waals surface area contributed by atoms with Gasteiger partial charge in [-0.1, -0.05) is 41.6 Å². The largest absolute Gasteiger partial charge is 0.325 e. The Kier molecular flexibility index (Phi) is 5.57. The third kappa shape index (κ3) is 3.60. The van der Waals surface area contributed by atoms with Crippen molar-refractivity contribution in [1.29, 1.82) is 0 Å². The Balaban J connectivity index is 1.57. The monoisotopic (exact) mass is 471 g/mol. The molecule has 0 atom stereocenters. The Hall–Kier alpha value is -2.41. The van der Waals surface area contributed by atoms with Gasteiger partial charge < -0.3 is 9.88 Å². The van der Waals surface area contributed by atoms with Crippen LogP contribution in [0.3, 0.4) is 0 Å². The number of ketones is 1. The van der Waals surface area contributed by atoms with Crippen LogP contribution in [0.4, 0.5) is 4.79 Å². The summed E-state index contributed by atoms with van der Waals surface area (Å²) in [6.07, 6.45) is 5.29. The van der Waals surface area contributed by atoms with E-state index >= 15 is 0 Å². The first-order valence-electron chi connectivity index (χ1n) is 10.4. The van der Waals surface area contributed by atoms with Gasteiger partial charge in [-0.05, 0) is 57.0 Å². The van der Waals surface area contributed by atoms with Crippen molar-refractivity contribution >= 4 is 33.7 Å². The minimum atomic E-state index is -0.817. The van der Waals surface area contributed by atoms with E-state index in [0.717, 1.165) is 52.1 Å². The highest BCUT2D eigenvalue weighted by Gasteiger charge is 2.51. The second-order valence-corrected chi connectivity index (χ2v) is 9.25. The second-order valence-electron chi connectivity index (χ2n) is 8.34. The number of carbonyl (C=O) groups is 3. The molecule has 1 spiro atoms. The standard InChI is InChI=1S/C23H26BrN3O3/c1-15-13-19(16(2)27(15)18-9-7-17(24)8-10-18)20(28)14-26-21(29)23(25-22(26)30)11-5-3-4-6-12-23/h7-10,13H,3-6,11-12,14H2,1-2H3,(H,25,30). The van der Waals surface area contributed by atoms with Crippen LogP contribution in [-0.4, -0.2) is 39.3 Å². The molecule has 0 radical (unpaired) electrons. The zero-order chi connectivity index (χ0) is 21.5. The summed E-state index contributed by atoms with van der Waals surface area (Å²) in [6, 6.07) is 9.25. The molecule has 1 saturated heterocycles. The number of aryl methyl sites for hydroxylation is 1. The van der Waals surface area contributed by atoms with Gasteiger partial charge in [0.1, 0.15) is 5.54 Å². The molecule has 2 fully saturated rings. The first-order valence-corrected chi connectivity index (χ1v) is 11.2. The number of benzene rings is 1. The van der Waals surface area contributed by atoms with E-state index in [-0.39, 0.29) is 18.2 Å². The zero-order valence-electron chi connectivity index (χ0n) is 17.3. The maximum absolute atomic E-state index is 13.1. The van der Waals surface area contributed by atoms with Gasteiger partial charge in [0.25, 0.3) is 5.91 Å². The van der Waals surface area contributed by atoms with E-state index in [4.69, 9.17) is 0 Å². The molecule has 158 valence electrons. The van der Waals surface area contributed by atoms with Crippen LogP contribution in [0.1, 0.15) is 60.3 Å². The van der Waals surface area contributed by atoms with E-state index in [1.807, 2.05) is 48.7 Å². The lowest BCUT2D eigenvalue weighted by atomic mass is 9.90. The van der Waals surface area contributed by atoms with Gasteiger partial charge in [-0.25, -0.2) is 4.79 Å². The van der Waals surface area contributed by atoms with Crippen molar-refractivity contribution in [1.82, 2.24) is 14.8 Å². The average molecular weight is 472 g/mol. The van der Waals surface area contributed by atoms with Crippen LogP contribution in [0, 0.1) is 13.8 Å². The third-order valence-corrected chi connectivity index (χ3v) is 6.85. The van der Waals surface area contributed by atoms with E-state index in [1.165, 1.54) is 0 Å².